The van der Waals surface area contributed by atoms with Gasteiger partial charge in [-0.15, -0.1) is 0 Å². The molecule has 0 unspecified atom stereocenters. The minimum absolute atomic E-state index is 0.137. The maximum absolute atomic E-state index is 12.9. The molecule has 1 fully saturated rings. The molecule has 8 heteroatoms. The normalized spacial score (nSPS) is 14.9. The fourth-order valence-corrected chi connectivity index (χ4v) is 4.11. The van der Waals surface area contributed by atoms with Gasteiger partial charge in [0.2, 0.25) is 10.0 Å². The topological polar surface area (TPSA) is 99.5 Å². The summed E-state index contributed by atoms with van der Waals surface area (Å²) in [6, 6.07) is 14.5. The van der Waals surface area contributed by atoms with Gasteiger partial charge in [0, 0.05) is 18.7 Å². The van der Waals surface area contributed by atoms with Gasteiger partial charge in [-0.2, -0.15) is 5.26 Å². The number of nitriles is 1. The number of carbonyl (C=O) groups excluding carboxylic acids is 1. The average Bonchev–Trinajstić information content (AvgIpc) is 2.72. The van der Waals surface area contributed by atoms with Crippen LogP contribution in [0.4, 0.5) is 5.69 Å². The fraction of sp³-hybridized carbons (Fsp3) is 0.333. The molecule has 152 valence electrons. The smallest absolute Gasteiger partial charge is 0.253 e. The Labute approximate surface area is 171 Å². The number of methoxy groups -OCH3 is 1. The number of benzene rings is 2. The molecule has 1 saturated heterocycles. The predicted molar refractivity (Wildman–Crippen MR) is 110 cm³/mol. The molecule has 1 heterocycles. The summed E-state index contributed by atoms with van der Waals surface area (Å²) in [4.78, 5) is 14.7. The Kier molecular flexibility index (Phi) is 6.09. The summed E-state index contributed by atoms with van der Waals surface area (Å²) in [5.41, 5.74) is 2.47. The van der Waals surface area contributed by atoms with E-state index in [0.29, 0.717) is 35.9 Å². The molecule has 2 aromatic carbocycles. The van der Waals surface area contributed by atoms with Gasteiger partial charge in [-0.25, -0.2) is 8.42 Å². The molecular weight excluding hydrogens is 390 g/mol. The highest BCUT2D eigenvalue weighted by Crippen LogP contribution is 2.30. The van der Waals surface area contributed by atoms with Crippen molar-refractivity contribution in [3.05, 3.63) is 59.2 Å². The Morgan fingerprint density at radius 3 is 2.38 bits per heavy atom. The van der Waals surface area contributed by atoms with E-state index in [1.807, 2.05) is 24.3 Å². The van der Waals surface area contributed by atoms with Crippen LogP contribution in [0.2, 0.25) is 0 Å². The molecule has 0 aromatic heterocycles. The van der Waals surface area contributed by atoms with Crippen LogP contribution in [-0.2, 0) is 10.0 Å². The van der Waals surface area contributed by atoms with Crippen LogP contribution in [0.3, 0.4) is 0 Å². The zero-order chi connectivity index (χ0) is 21.0. The number of hydrogen-bond acceptors (Lipinski definition) is 5. The molecule has 0 spiro atoms. The van der Waals surface area contributed by atoms with E-state index in [4.69, 9.17) is 10.00 Å². The molecule has 2 aromatic rings. The molecule has 1 amide bonds. The largest absolute Gasteiger partial charge is 0.495 e. The molecule has 0 atom stereocenters. The molecule has 3 rings (SSSR count). The van der Waals surface area contributed by atoms with Crippen LogP contribution in [0.5, 0.6) is 5.75 Å². The van der Waals surface area contributed by atoms with Gasteiger partial charge < -0.3 is 9.64 Å². The SMILES string of the molecule is COc1ccc(C(=O)N2CCC(c3ccc(C#N)cc3)CC2)cc1NS(C)(=O)=O. The second-order valence-electron chi connectivity index (χ2n) is 7.09. The molecule has 0 radical (unpaired) electrons. The van der Waals surface area contributed by atoms with E-state index in [-0.39, 0.29) is 11.6 Å². The minimum Gasteiger partial charge on any atom is -0.495 e. The molecular formula is C21H23N3O4S. The van der Waals surface area contributed by atoms with Crippen LogP contribution in [0.15, 0.2) is 42.5 Å². The maximum atomic E-state index is 12.9. The lowest BCUT2D eigenvalue weighted by Gasteiger charge is -2.32. The zero-order valence-electron chi connectivity index (χ0n) is 16.4. The van der Waals surface area contributed by atoms with E-state index in [2.05, 4.69) is 10.8 Å². The Bertz CT molecular complexity index is 1030. The summed E-state index contributed by atoms with van der Waals surface area (Å²) >= 11 is 0. The molecule has 29 heavy (non-hydrogen) atoms. The minimum atomic E-state index is -3.50. The number of ether oxygens (including phenoxy) is 1. The van der Waals surface area contributed by atoms with Crippen molar-refractivity contribution in [2.75, 3.05) is 31.2 Å². The molecule has 0 saturated carbocycles. The third kappa shape index (κ3) is 5.06. The van der Waals surface area contributed by atoms with Gasteiger partial charge in [0.05, 0.1) is 30.7 Å². The molecule has 1 aliphatic rings. The van der Waals surface area contributed by atoms with Gasteiger partial charge >= 0.3 is 0 Å². The lowest BCUT2D eigenvalue weighted by Crippen LogP contribution is -2.38. The monoisotopic (exact) mass is 413 g/mol. The number of carbonyl (C=O) groups is 1. The number of sulfonamides is 1. The summed E-state index contributed by atoms with van der Waals surface area (Å²) in [6.07, 6.45) is 2.72. The molecule has 0 aliphatic carbocycles. The number of anilines is 1. The Morgan fingerprint density at radius 2 is 1.83 bits per heavy atom. The van der Waals surface area contributed by atoms with Gasteiger partial charge in [-0.05, 0) is 54.7 Å². The van der Waals surface area contributed by atoms with E-state index >= 15 is 0 Å². The van der Waals surface area contributed by atoms with E-state index in [9.17, 15) is 13.2 Å². The first-order valence-electron chi connectivity index (χ1n) is 9.26. The first kappa shape index (κ1) is 20.7. The van der Waals surface area contributed by atoms with Crippen molar-refractivity contribution in [3.8, 4) is 11.8 Å². The van der Waals surface area contributed by atoms with Gasteiger partial charge in [0.1, 0.15) is 5.75 Å². The van der Waals surface area contributed by atoms with Crippen molar-refractivity contribution in [2.45, 2.75) is 18.8 Å². The average molecular weight is 413 g/mol. The van der Waals surface area contributed by atoms with Crippen molar-refractivity contribution in [1.82, 2.24) is 4.90 Å². The number of rotatable bonds is 5. The summed E-state index contributed by atoms with van der Waals surface area (Å²) in [6.45, 7) is 1.23. The Morgan fingerprint density at radius 1 is 1.17 bits per heavy atom. The summed E-state index contributed by atoms with van der Waals surface area (Å²) in [7, 11) is -2.05. The number of hydrogen-bond donors (Lipinski definition) is 1. The van der Waals surface area contributed by atoms with Crippen LogP contribution >= 0.6 is 0 Å². The highest BCUT2D eigenvalue weighted by molar-refractivity contribution is 7.92. The highest BCUT2D eigenvalue weighted by Gasteiger charge is 2.25. The zero-order valence-corrected chi connectivity index (χ0v) is 17.2. The first-order valence-corrected chi connectivity index (χ1v) is 11.1. The quantitative estimate of drug-likeness (QED) is 0.812. The molecule has 7 nitrogen and oxygen atoms in total. The molecule has 1 N–H and O–H groups in total. The van der Waals surface area contributed by atoms with Crippen LogP contribution < -0.4 is 9.46 Å². The summed E-state index contributed by atoms with van der Waals surface area (Å²) in [5, 5.41) is 8.92. The van der Waals surface area contributed by atoms with Crippen LogP contribution in [0, 0.1) is 11.3 Å². The Hall–Kier alpha value is -3.05. The standard InChI is InChI=1S/C21H23N3O4S/c1-28-20-8-7-18(13-19(20)23-29(2,26)27)21(25)24-11-9-17(10-12-24)16-5-3-15(14-22)4-6-16/h3-8,13,17,23H,9-12H2,1-2H3. The highest BCUT2D eigenvalue weighted by atomic mass is 32.2. The Balaban J connectivity index is 1.70. The summed E-state index contributed by atoms with van der Waals surface area (Å²) < 4.78 is 30.7. The third-order valence-electron chi connectivity index (χ3n) is 5.04. The number of nitrogens with one attached hydrogen (secondary N) is 1. The third-order valence-corrected chi connectivity index (χ3v) is 5.63. The second-order valence-corrected chi connectivity index (χ2v) is 8.84. The number of piperidine rings is 1. The molecule has 0 bridgehead atoms. The van der Waals surface area contributed by atoms with Gasteiger partial charge in [0.15, 0.2) is 0 Å². The summed E-state index contributed by atoms with van der Waals surface area (Å²) in [5.74, 6) is 0.569. The maximum Gasteiger partial charge on any atom is 0.253 e. The fourth-order valence-electron chi connectivity index (χ4n) is 3.55. The van der Waals surface area contributed by atoms with E-state index < -0.39 is 10.0 Å². The second kappa shape index (κ2) is 8.53. The van der Waals surface area contributed by atoms with Crippen molar-refractivity contribution in [1.29, 1.82) is 5.26 Å². The van der Waals surface area contributed by atoms with Gasteiger partial charge in [0.25, 0.3) is 5.91 Å². The van der Waals surface area contributed by atoms with Crippen LogP contribution in [0.1, 0.15) is 40.2 Å². The first-order chi connectivity index (χ1) is 13.8. The van der Waals surface area contributed by atoms with E-state index in [1.54, 1.807) is 17.0 Å². The predicted octanol–water partition coefficient (Wildman–Crippen LogP) is 2.96. The van der Waals surface area contributed by atoms with Gasteiger partial charge in [-0.3, -0.25) is 9.52 Å². The van der Waals surface area contributed by atoms with Crippen molar-refractivity contribution >= 4 is 21.6 Å². The van der Waals surface area contributed by atoms with Crippen LogP contribution in [-0.4, -0.2) is 45.7 Å². The van der Waals surface area contributed by atoms with Crippen molar-refractivity contribution in [3.63, 3.8) is 0 Å². The number of amides is 1. The van der Waals surface area contributed by atoms with E-state index in [1.165, 1.54) is 18.7 Å². The number of likely N-dealkylation sites (tertiary alicyclic amines) is 1. The van der Waals surface area contributed by atoms with Crippen molar-refractivity contribution < 1.29 is 17.9 Å². The van der Waals surface area contributed by atoms with Gasteiger partial charge in [-0.1, -0.05) is 12.1 Å². The van der Waals surface area contributed by atoms with Crippen molar-refractivity contribution in [2.24, 2.45) is 0 Å². The lowest BCUT2D eigenvalue weighted by molar-refractivity contribution is 0.0713. The number of nitrogens with zero attached hydrogens (tertiary/aromatic N) is 2. The molecule has 1 aliphatic heterocycles. The van der Waals surface area contributed by atoms with E-state index in [0.717, 1.165) is 19.1 Å². The lowest BCUT2D eigenvalue weighted by atomic mass is 9.89. The van der Waals surface area contributed by atoms with Crippen LogP contribution in [0.25, 0.3) is 0 Å².